The van der Waals surface area contributed by atoms with E-state index in [9.17, 15) is 9.59 Å². The number of hydrogen-bond donors (Lipinski definition) is 1. The maximum atomic E-state index is 13.6. The highest BCUT2D eigenvalue weighted by Crippen LogP contribution is 2.28. The Balaban J connectivity index is 1.92. The first kappa shape index (κ1) is 27.9. The van der Waals surface area contributed by atoms with Gasteiger partial charge < -0.3 is 15.0 Å². The van der Waals surface area contributed by atoms with E-state index in [1.54, 1.807) is 24.3 Å². The minimum Gasteiger partial charge on any atom is -0.482 e. The van der Waals surface area contributed by atoms with Crippen molar-refractivity contribution in [3.05, 3.63) is 99.0 Å². The van der Waals surface area contributed by atoms with Crippen molar-refractivity contribution in [1.29, 1.82) is 0 Å². The monoisotopic (exact) mass is 546 g/mol. The summed E-state index contributed by atoms with van der Waals surface area (Å²) in [6, 6.07) is 20.9. The molecule has 36 heavy (non-hydrogen) atoms. The first-order valence-corrected chi connectivity index (χ1v) is 12.8. The molecule has 1 unspecified atom stereocenters. The fraction of sp³-hybridized carbons (Fsp3) is 0.286. The molecule has 0 fully saturated rings. The van der Waals surface area contributed by atoms with Crippen LogP contribution in [0.2, 0.25) is 15.1 Å². The molecule has 3 rings (SSSR count). The quantitative estimate of drug-likeness (QED) is 0.301. The molecule has 0 aliphatic carbocycles. The van der Waals surface area contributed by atoms with Crippen molar-refractivity contribution in [1.82, 2.24) is 10.2 Å². The minimum absolute atomic E-state index is 0.142. The molecule has 0 heterocycles. The lowest BCUT2D eigenvalue weighted by atomic mass is 10.0. The first-order valence-electron chi connectivity index (χ1n) is 11.7. The van der Waals surface area contributed by atoms with Gasteiger partial charge in [-0.25, -0.2) is 0 Å². The smallest absolute Gasteiger partial charge is 0.261 e. The SMILES string of the molecule is CC(C)CNC(=O)C(Cc1ccccc1)N(Cc1ccccc1Cl)C(=O)COc1ccc(Cl)cc1Cl. The molecule has 0 saturated carbocycles. The van der Waals surface area contributed by atoms with Gasteiger partial charge in [-0.1, -0.05) is 97.2 Å². The average Bonchev–Trinajstić information content (AvgIpc) is 2.85. The van der Waals surface area contributed by atoms with Gasteiger partial charge >= 0.3 is 0 Å². The third-order valence-corrected chi connectivity index (χ3v) is 6.40. The summed E-state index contributed by atoms with van der Waals surface area (Å²) >= 11 is 18.6. The highest BCUT2D eigenvalue weighted by atomic mass is 35.5. The molecule has 0 aromatic heterocycles. The van der Waals surface area contributed by atoms with E-state index in [0.717, 1.165) is 11.1 Å². The van der Waals surface area contributed by atoms with Crippen molar-refractivity contribution in [3.8, 4) is 5.75 Å². The Hall–Kier alpha value is -2.73. The Morgan fingerprint density at radius 3 is 2.28 bits per heavy atom. The standard InChI is InChI=1S/C28H29Cl3N2O3/c1-19(2)16-32-28(35)25(14-20-8-4-3-5-9-20)33(17-21-10-6-7-11-23(21)30)27(34)18-36-26-13-12-22(29)15-24(26)31/h3-13,15,19,25H,14,16-18H2,1-2H3,(H,32,35). The van der Waals surface area contributed by atoms with Crippen molar-refractivity contribution < 1.29 is 14.3 Å². The zero-order valence-electron chi connectivity index (χ0n) is 20.2. The van der Waals surface area contributed by atoms with Gasteiger partial charge in [-0.15, -0.1) is 0 Å². The van der Waals surface area contributed by atoms with Gasteiger partial charge in [-0.2, -0.15) is 0 Å². The van der Waals surface area contributed by atoms with Gasteiger partial charge in [0.2, 0.25) is 5.91 Å². The highest BCUT2D eigenvalue weighted by molar-refractivity contribution is 6.35. The van der Waals surface area contributed by atoms with E-state index in [-0.39, 0.29) is 30.9 Å². The summed E-state index contributed by atoms with van der Waals surface area (Å²) in [6.07, 6.45) is 0.336. The lowest BCUT2D eigenvalue weighted by Gasteiger charge is -2.32. The predicted octanol–water partition coefficient (Wildman–Crippen LogP) is 6.44. The fourth-order valence-electron chi connectivity index (χ4n) is 3.60. The number of carbonyl (C=O) groups excluding carboxylic acids is 2. The number of ether oxygens (including phenoxy) is 1. The van der Waals surface area contributed by atoms with E-state index < -0.39 is 6.04 Å². The summed E-state index contributed by atoms with van der Waals surface area (Å²) in [5, 5.41) is 4.25. The van der Waals surface area contributed by atoms with Crippen LogP contribution >= 0.6 is 34.8 Å². The molecule has 1 N–H and O–H groups in total. The van der Waals surface area contributed by atoms with E-state index >= 15 is 0 Å². The van der Waals surface area contributed by atoms with Gasteiger partial charge in [0, 0.05) is 29.6 Å². The number of halogens is 3. The second-order valence-electron chi connectivity index (χ2n) is 8.82. The number of carbonyl (C=O) groups is 2. The molecule has 5 nitrogen and oxygen atoms in total. The van der Waals surface area contributed by atoms with Crippen LogP contribution in [0.15, 0.2) is 72.8 Å². The Labute approximate surface area is 227 Å². The number of nitrogens with zero attached hydrogens (tertiary/aromatic N) is 1. The molecular formula is C28H29Cl3N2O3. The molecule has 190 valence electrons. The third kappa shape index (κ3) is 8.16. The topological polar surface area (TPSA) is 58.6 Å². The lowest BCUT2D eigenvalue weighted by Crippen LogP contribution is -2.52. The van der Waals surface area contributed by atoms with Crippen LogP contribution in [0, 0.1) is 5.92 Å². The molecule has 0 spiro atoms. The molecule has 3 aromatic rings. The summed E-state index contributed by atoms with van der Waals surface area (Å²) in [6.45, 7) is 4.36. The molecule has 3 aromatic carbocycles. The molecule has 2 amide bonds. The highest BCUT2D eigenvalue weighted by Gasteiger charge is 2.31. The van der Waals surface area contributed by atoms with Crippen LogP contribution in [0.4, 0.5) is 0 Å². The number of amides is 2. The molecule has 0 aliphatic heterocycles. The Bertz CT molecular complexity index is 1170. The van der Waals surface area contributed by atoms with Crippen LogP contribution in [0.3, 0.4) is 0 Å². The van der Waals surface area contributed by atoms with E-state index in [1.165, 1.54) is 4.90 Å². The molecule has 1 atom stereocenters. The van der Waals surface area contributed by atoms with Crippen LogP contribution in [0.5, 0.6) is 5.75 Å². The maximum Gasteiger partial charge on any atom is 0.261 e. The van der Waals surface area contributed by atoms with Gasteiger partial charge in [-0.05, 0) is 41.3 Å². The van der Waals surface area contributed by atoms with Crippen molar-refractivity contribution in [2.75, 3.05) is 13.2 Å². The summed E-state index contributed by atoms with van der Waals surface area (Å²) in [5.41, 5.74) is 1.66. The van der Waals surface area contributed by atoms with Crippen LogP contribution in [-0.4, -0.2) is 35.9 Å². The second-order valence-corrected chi connectivity index (χ2v) is 10.1. The largest absolute Gasteiger partial charge is 0.482 e. The van der Waals surface area contributed by atoms with E-state index in [4.69, 9.17) is 39.5 Å². The number of rotatable bonds is 11. The molecule has 0 bridgehead atoms. The molecular weight excluding hydrogens is 519 g/mol. The van der Waals surface area contributed by atoms with Crippen LogP contribution in [-0.2, 0) is 22.6 Å². The fourth-order valence-corrected chi connectivity index (χ4v) is 4.26. The zero-order chi connectivity index (χ0) is 26.1. The van der Waals surface area contributed by atoms with Gasteiger partial charge in [0.15, 0.2) is 6.61 Å². The van der Waals surface area contributed by atoms with Crippen LogP contribution in [0.1, 0.15) is 25.0 Å². The Kier molecular flexibility index (Phi) is 10.5. The molecule has 0 saturated heterocycles. The van der Waals surface area contributed by atoms with Crippen molar-refractivity contribution in [2.45, 2.75) is 32.9 Å². The Morgan fingerprint density at radius 1 is 0.917 bits per heavy atom. The average molecular weight is 548 g/mol. The van der Waals surface area contributed by atoms with E-state index in [2.05, 4.69) is 5.32 Å². The maximum absolute atomic E-state index is 13.6. The van der Waals surface area contributed by atoms with E-state index in [0.29, 0.717) is 33.8 Å². The molecule has 8 heteroatoms. The van der Waals surface area contributed by atoms with Crippen LogP contribution in [0.25, 0.3) is 0 Å². The predicted molar refractivity (Wildman–Crippen MR) is 146 cm³/mol. The normalized spacial score (nSPS) is 11.7. The summed E-state index contributed by atoms with van der Waals surface area (Å²) < 4.78 is 5.73. The van der Waals surface area contributed by atoms with Gasteiger partial charge in [0.05, 0.1) is 5.02 Å². The van der Waals surface area contributed by atoms with Crippen molar-refractivity contribution in [2.24, 2.45) is 5.92 Å². The van der Waals surface area contributed by atoms with E-state index in [1.807, 2.05) is 62.4 Å². The summed E-state index contributed by atoms with van der Waals surface area (Å²) in [7, 11) is 0. The van der Waals surface area contributed by atoms with Gasteiger partial charge in [0.25, 0.3) is 5.91 Å². The van der Waals surface area contributed by atoms with Gasteiger partial charge in [-0.3, -0.25) is 9.59 Å². The minimum atomic E-state index is -0.779. The molecule has 0 radical (unpaired) electrons. The zero-order valence-corrected chi connectivity index (χ0v) is 22.5. The third-order valence-electron chi connectivity index (χ3n) is 5.50. The number of nitrogens with one attached hydrogen (secondary N) is 1. The summed E-state index contributed by atoms with van der Waals surface area (Å²) in [5.74, 6) is -0.0237. The number of hydrogen-bond acceptors (Lipinski definition) is 3. The molecule has 0 aliphatic rings. The van der Waals surface area contributed by atoms with Crippen LogP contribution < -0.4 is 10.1 Å². The van der Waals surface area contributed by atoms with Gasteiger partial charge in [0.1, 0.15) is 11.8 Å². The Morgan fingerprint density at radius 2 is 1.61 bits per heavy atom. The first-order chi connectivity index (χ1) is 17.2. The number of benzene rings is 3. The van der Waals surface area contributed by atoms with Crippen molar-refractivity contribution >= 4 is 46.6 Å². The second kappa shape index (κ2) is 13.5. The lowest BCUT2D eigenvalue weighted by molar-refractivity contribution is -0.142. The summed E-state index contributed by atoms with van der Waals surface area (Å²) in [4.78, 5) is 28.5. The van der Waals surface area contributed by atoms with Crippen molar-refractivity contribution in [3.63, 3.8) is 0 Å².